The SMILES string of the molecule is COc1ccc(NC(=O)c2nnc3n2CC2CN(CC4CC4)CC2C3)cc1.O=C(O)C(F)(F)F. The van der Waals surface area contributed by atoms with Crippen molar-refractivity contribution >= 4 is 17.6 Å². The molecule has 1 aromatic carbocycles. The van der Waals surface area contributed by atoms with E-state index in [0.29, 0.717) is 17.7 Å². The van der Waals surface area contributed by atoms with Crippen molar-refractivity contribution in [3.63, 3.8) is 0 Å². The summed E-state index contributed by atoms with van der Waals surface area (Å²) in [6, 6.07) is 7.30. The van der Waals surface area contributed by atoms with Crippen LogP contribution in [0.5, 0.6) is 5.75 Å². The smallest absolute Gasteiger partial charge is 0.490 e. The maximum Gasteiger partial charge on any atom is 0.490 e. The summed E-state index contributed by atoms with van der Waals surface area (Å²) in [7, 11) is 1.62. The van der Waals surface area contributed by atoms with Gasteiger partial charge in [-0.2, -0.15) is 13.2 Å². The van der Waals surface area contributed by atoms with Gasteiger partial charge in [-0.25, -0.2) is 4.79 Å². The zero-order valence-corrected chi connectivity index (χ0v) is 18.6. The van der Waals surface area contributed by atoms with E-state index in [2.05, 4.69) is 20.4 Å². The lowest BCUT2D eigenvalue weighted by molar-refractivity contribution is -0.192. The molecule has 0 radical (unpaired) electrons. The van der Waals surface area contributed by atoms with E-state index in [1.54, 1.807) is 7.11 Å². The average Bonchev–Trinajstić information content (AvgIpc) is 3.36. The molecule has 2 fully saturated rings. The highest BCUT2D eigenvalue weighted by molar-refractivity contribution is 6.01. The number of carbonyl (C=O) groups excluding carboxylic acids is 1. The zero-order valence-electron chi connectivity index (χ0n) is 18.6. The van der Waals surface area contributed by atoms with E-state index in [1.165, 1.54) is 25.9 Å². The monoisotopic (exact) mass is 481 g/mol. The fourth-order valence-corrected chi connectivity index (χ4v) is 4.47. The van der Waals surface area contributed by atoms with Crippen LogP contribution in [0.15, 0.2) is 24.3 Å². The summed E-state index contributed by atoms with van der Waals surface area (Å²) < 4.78 is 38.9. The number of hydrogen-bond donors (Lipinski definition) is 2. The first-order valence-electron chi connectivity index (χ1n) is 11.0. The second kappa shape index (κ2) is 9.61. The van der Waals surface area contributed by atoms with Gasteiger partial charge >= 0.3 is 12.1 Å². The third-order valence-electron chi connectivity index (χ3n) is 6.35. The van der Waals surface area contributed by atoms with Crippen LogP contribution >= 0.6 is 0 Å². The molecule has 5 rings (SSSR count). The number of hydrogen-bond acceptors (Lipinski definition) is 6. The number of alkyl halides is 3. The Kier molecular flexibility index (Phi) is 6.78. The maximum absolute atomic E-state index is 12.7. The minimum Gasteiger partial charge on any atom is -0.497 e. The molecule has 12 heteroatoms. The van der Waals surface area contributed by atoms with E-state index in [4.69, 9.17) is 14.6 Å². The summed E-state index contributed by atoms with van der Waals surface area (Å²) in [5.41, 5.74) is 0.725. The summed E-state index contributed by atoms with van der Waals surface area (Å²) in [5, 5.41) is 18.6. The van der Waals surface area contributed by atoms with Crippen LogP contribution in [0.3, 0.4) is 0 Å². The van der Waals surface area contributed by atoms with Crippen molar-refractivity contribution in [2.24, 2.45) is 17.8 Å². The standard InChI is InChI=1S/C20H25N5O2.C2HF3O2/c1-27-17-6-4-16(5-7-17)21-20(26)19-23-22-18-8-14-10-24(9-13-2-3-13)11-15(14)12-25(18)19;3-2(4,5)1(6)7/h4-7,13-15H,2-3,8-12H2,1H3,(H,21,26);(H,6,7). The molecule has 3 aliphatic rings. The molecule has 1 aromatic heterocycles. The molecular formula is C22H26F3N5O4. The highest BCUT2D eigenvalue weighted by Gasteiger charge is 2.40. The van der Waals surface area contributed by atoms with Crippen LogP contribution in [0.2, 0.25) is 0 Å². The van der Waals surface area contributed by atoms with Crippen molar-refractivity contribution in [1.29, 1.82) is 0 Å². The fourth-order valence-electron chi connectivity index (χ4n) is 4.47. The van der Waals surface area contributed by atoms with Crippen molar-refractivity contribution in [2.75, 3.05) is 32.1 Å². The summed E-state index contributed by atoms with van der Waals surface area (Å²) in [6.07, 6.45) is -1.37. The molecule has 1 saturated heterocycles. The number of ether oxygens (including phenoxy) is 1. The van der Waals surface area contributed by atoms with Gasteiger partial charge in [0.05, 0.1) is 7.11 Å². The van der Waals surface area contributed by atoms with Gasteiger partial charge in [0.2, 0.25) is 5.82 Å². The number of carbonyl (C=O) groups is 2. The molecule has 184 valence electrons. The van der Waals surface area contributed by atoms with Crippen molar-refractivity contribution in [3.8, 4) is 5.75 Å². The normalized spacial score (nSPS) is 21.6. The molecule has 2 atom stereocenters. The van der Waals surface area contributed by atoms with Gasteiger partial charge in [0.15, 0.2) is 0 Å². The van der Waals surface area contributed by atoms with Crippen molar-refractivity contribution in [3.05, 3.63) is 35.9 Å². The largest absolute Gasteiger partial charge is 0.497 e. The molecule has 1 aliphatic carbocycles. The Hall–Kier alpha value is -3.15. The number of carboxylic acids is 1. The molecule has 2 unspecified atom stereocenters. The number of likely N-dealkylation sites (tertiary alicyclic amines) is 1. The summed E-state index contributed by atoms with van der Waals surface area (Å²) in [5.74, 6) is 1.34. The van der Waals surface area contributed by atoms with E-state index >= 15 is 0 Å². The number of anilines is 1. The Morgan fingerprint density at radius 3 is 2.35 bits per heavy atom. The number of fused-ring (bicyclic) bond motifs is 2. The first-order valence-corrected chi connectivity index (χ1v) is 11.0. The van der Waals surface area contributed by atoms with Crippen LogP contribution in [0, 0.1) is 17.8 Å². The summed E-state index contributed by atoms with van der Waals surface area (Å²) in [4.78, 5) is 24.2. The van der Waals surface area contributed by atoms with Crippen LogP contribution in [0.1, 0.15) is 29.3 Å². The van der Waals surface area contributed by atoms with Crippen LogP contribution in [0.4, 0.5) is 18.9 Å². The molecule has 1 saturated carbocycles. The molecule has 1 amide bonds. The van der Waals surface area contributed by atoms with Crippen LogP contribution in [-0.2, 0) is 17.8 Å². The number of carboxylic acid groups (broad SMARTS) is 1. The van der Waals surface area contributed by atoms with Crippen LogP contribution in [0.25, 0.3) is 0 Å². The van der Waals surface area contributed by atoms with Crippen molar-refractivity contribution in [1.82, 2.24) is 19.7 Å². The van der Waals surface area contributed by atoms with Gasteiger partial charge < -0.3 is 24.6 Å². The van der Waals surface area contributed by atoms with Gasteiger partial charge in [-0.15, -0.1) is 10.2 Å². The van der Waals surface area contributed by atoms with Gasteiger partial charge in [-0.1, -0.05) is 0 Å². The zero-order chi connectivity index (χ0) is 24.5. The number of rotatable bonds is 5. The lowest BCUT2D eigenvalue weighted by atomic mass is 9.89. The first kappa shape index (κ1) is 24.0. The average molecular weight is 481 g/mol. The predicted molar refractivity (Wildman–Crippen MR) is 115 cm³/mol. The fraction of sp³-hybridized carbons (Fsp3) is 0.545. The third-order valence-corrected chi connectivity index (χ3v) is 6.35. The highest BCUT2D eigenvalue weighted by atomic mass is 19.4. The molecule has 9 nitrogen and oxygen atoms in total. The highest BCUT2D eigenvalue weighted by Crippen LogP contribution is 2.36. The Bertz CT molecular complexity index is 1040. The number of aromatic nitrogens is 3. The second-order valence-electron chi connectivity index (χ2n) is 8.92. The van der Waals surface area contributed by atoms with E-state index in [0.717, 1.165) is 42.7 Å². The van der Waals surface area contributed by atoms with E-state index in [1.807, 2.05) is 28.8 Å². The number of methoxy groups -OCH3 is 1. The van der Waals surface area contributed by atoms with Gasteiger partial charge in [-0.05, 0) is 54.9 Å². The van der Waals surface area contributed by atoms with Gasteiger partial charge in [0.25, 0.3) is 5.91 Å². The quantitative estimate of drug-likeness (QED) is 0.676. The third kappa shape index (κ3) is 5.66. The number of benzene rings is 1. The van der Waals surface area contributed by atoms with Crippen molar-refractivity contribution < 1.29 is 32.6 Å². The lowest BCUT2D eigenvalue weighted by Gasteiger charge is -2.25. The predicted octanol–water partition coefficient (Wildman–Crippen LogP) is 2.69. The number of nitrogens with zero attached hydrogens (tertiary/aromatic N) is 4. The molecule has 3 heterocycles. The van der Waals surface area contributed by atoms with Crippen LogP contribution < -0.4 is 10.1 Å². The molecule has 0 bridgehead atoms. The number of halogens is 3. The minimum atomic E-state index is -5.08. The summed E-state index contributed by atoms with van der Waals surface area (Å²) >= 11 is 0. The minimum absolute atomic E-state index is 0.204. The van der Waals surface area contributed by atoms with Crippen LogP contribution in [-0.4, -0.2) is 69.6 Å². The van der Waals surface area contributed by atoms with Gasteiger partial charge in [-0.3, -0.25) is 4.79 Å². The van der Waals surface area contributed by atoms with Crippen molar-refractivity contribution in [2.45, 2.75) is 32.0 Å². The van der Waals surface area contributed by atoms with E-state index in [-0.39, 0.29) is 5.91 Å². The maximum atomic E-state index is 12.7. The number of amides is 1. The molecule has 2 aromatic rings. The Labute approximate surface area is 193 Å². The Balaban J connectivity index is 0.000000344. The Morgan fingerprint density at radius 1 is 1.12 bits per heavy atom. The topological polar surface area (TPSA) is 110 Å². The molecule has 2 aliphatic heterocycles. The molecule has 2 N–H and O–H groups in total. The van der Waals surface area contributed by atoms with Gasteiger partial charge in [0.1, 0.15) is 11.6 Å². The van der Waals surface area contributed by atoms with E-state index in [9.17, 15) is 18.0 Å². The molecule has 0 spiro atoms. The first-order chi connectivity index (χ1) is 16.1. The lowest BCUT2D eigenvalue weighted by Crippen LogP contribution is -2.31. The van der Waals surface area contributed by atoms with Gasteiger partial charge in [0, 0.05) is 38.3 Å². The summed E-state index contributed by atoms with van der Waals surface area (Å²) in [6.45, 7) is 4.40. The van der Waals surface area contributed by atoms with E-state index < -0.39 is 12.1 Å². The molecule has 34 heavy (non-hydrogen) atoms. The number of aliphatic carboxylic acids is 1. The number of nitrogens with one attached hydrogen (secondary N) is 1. The Morgan fingerprint density at radius 2 is 1.76 bits per heavy atom. The second-order valence-corrected chi connectivity index (χ2v) is 8.92. The molecular weight excluding hydrogens is 455 g/mol.